The molecule has 7 nitrogen and oxygen atoms in total. The van der Waals surface area contributed by atoms with Crippen molar-refractivity contribution in [1.82, 2.24) is 4.90 Å². The molecule has 3 unspecified atom stereocenters. The Balaban J connectivity index is 1.79. The van der Waals surface area contributed by atoms with E-state index in [1.54, 1.807) is 47.0 Å². The SMILES string of the molecule is C=CCOC(=O)[C@@H]1[C@@H]2CC(C)C3(S2)C(C(=O)N(CC=C)c2ccccc2Cl)N(CCO)C(=O)[C@H]13. The van der Waals surface area contributed by atoms with Crippen molar-refractivity contribution in [3.05, 3.63) is 54.6 Å². The van der Waals surface area contributed by atoms with Crippen molar-refractivity contribution in [2.24, 2.45) is 17.8 Å². The molecule has 1 N–H and O–H groups in total. The number of para-hydroxylation sites is 1. The molecule has 1 aromatic carbocycles. The van der Waals surface area contributed by atoms with Crippen molar-refractivity contribution < 1.29 is 24.2 Å². The summed E-state index contributed by atoms with van der Waals surface area (Å²) in [6.07, 6.45) is 3.81. The summed E-state index contributed by atoms with van der Waals surface area (Å²) in [5, 5.41) is 10.1. The van der Waals surface area contributed by atoms with Crippen LogP contribution in [-0.4, -0.2) is 70.1 Å². The lowest BCUT2D eigenvalue weighted by molar-refractivity contribution is -0.153. The van der Waals surface area contributed by atoms with Gasteiger partial charge in [-0.3, -0.25) is 14.4 Å². The van der Waals surface area contributed by atoms with E-state index in [2.05, 4.69) is 13.2 Å². The van der Waals surface area contributed by atoms with Crippen molar-refractivity contribution >= 4 is 46.8 Å². The zero-order chi connectivity index (χ0) is 24.6. The summed E-state index contributed by atoms with van der Waals surface area (Å²) >= 11 is 7.99. The van der Waals surface area contributed by atoms with Crippen LogP contribution in [-0.2, 0) is 19.1 Å². The molecule has 1 aromatic rings. The number of ether oxygens (including phenoxy) is 1. The van der Waals surface area contributed by atoms with Crippen LogP contribution in [0.3, 0.4) is 0 Å². The second-order valence-corrected chi connectivity index (χ2v) is 10.9. The molecular weight excluding hydrogens is 476 g/mol. The molecule has 1 spiro atoms. The third kappa shape index (κ3) is 3.67. The zero-order valence-corrected chi connectivity index (χ0v) is 20.6. The van der Waals surface area contributed by atoms with Gasteiger partial charge in [0.25, 0.3) is 5.91 Å². The molecule has 2 amide bonds. The normalized spacial score (nSPS) is 31.3. The number of likely N-dealkylation sites (tertiary alicyclic amines) is 1. The van der Waals surface area contributed by atoms with Crippen LogP contribution in [0, 0.1) is 17.8 Å². The number of β-amino-alcohol motifs (C(OH)–C–C–N with tert-alkyl or cyclic N) is 1. The number of hydrogen-bond donors (Lipinski definition) is 1. The molecule has 0 aromatic heterocycles. The highest BCUT2D eigenvalue weighted by atomic mass is 35.5. The zero-order valence-electron chi connectivity index (χ0n) is 19.1. The Morgan fingerprint density at radius 2 is 2.09 bits per heavy atom. The van der Waals surface area contributed by atoms with Gasteiger partial charge in [-0.05, 0) is 24.5 Å². The van der Waals surface area contributed by atoms with Gasteiger partial charge in [-0.15, -0.1) is 18.3 Å². The first-order chi connectivity index (χ1) is 16.3. The van der Waals surface area contributed by atoms with Crippen LogP contribution in [0.4, 0.5) is 5.69 Å². The van der Waals surface area contributed by atoms with Crippen molar-refractivity contribution in [3.63, 3.8) is 0 Å². The van der Waals surface area contributed by atoms with Gasteiger partial charge in [-0.25, -0.2) is 0 Å². The molecular formula is C25H29ClN2O5S. The third-order valence-corrected chi connectivity index (χ3v) is 9.55. The number of aliphatic hydroxyl groups excluding tert-OH is 1. The molecule has 34 heavy (non-hydrogen) atoms. The largest absolute Gasteiger partial charge is 0.461 e. The molecule has 6 atom stereocenters. The Hall–Kier alpha value is -2.29. The summed E-state index contributed by atoms with van der Waals surface area (Å²) in [6.45, 7) is 9.40. The maximum absolute atomic E-state index is 14.2. The fraction of sp³-hybridized carbons (Fsp3) is 0.480. The molecule has 3 heterocycles. The number of aliphatic hydroxyl groups is 1. The van der Waals surface area contributed by atoms with Gasteiger partial charge in [0.1, 0.15) is 12.6 Å². The summed E-state index contributed by atoms with van der Waals surface area (Å²) in [7, 11) is 0. The third-order valence-electron chi connectivity index (χ3n) is 7.16. The van der Waals surface area contributed by atoms with Crippen molar-refractivity contribution in [3.8, 4) is 0 Å². The number of halogens is 1. The van der Waals surface area contributed by atoms with E-state index in [1.807, 2.05) is 6.92 Å². The molecule has 3 saturated heterocycles. The highest BCUT2D eigenvalue weighted by Gasteiger charge is 2.76. The van der Waals surface area contributed by atoms with Gasteiger partial charge in [0.05, 0.1) is 33.9 Å². The predicted octanol–water partition coefficient (Wildman–Crippen LogP) is 2.92. The maximum Gasteiger partial charge on any atom is 0.311 e. The smallest absolute Gasteiger partial charge is 0.311 e. The minimum absolute atomic E-state index is 0.00428. The van der Waals surface area contributed by atoms with E-state index >= 15 is 0 Å². The Labute approximate surface area is 208 Å². The number of thioether (sulfide) groups is 1. The van der Waals surface area contributed by atoms with Crippen LogP contribution < -0.4 is 4.90 Å². The average molecular weight is 505 g/mol. The first-order valence-electron chi connectivity index (χ1n) is 11.4. The Morgan fingerprint density at radius 1 is 1.35 bits per heavy atom. The number of fused-ring (bicyclic) bond motifs is 1. The molecule has 4 rings (SSSR count). The lowest BCUT2D eigenvalue weighted by Crippen LogP contribution is -2.57. The van der Waals surface area contributed by atoms with Crippen LogP contribution >= 0.6 is 23.4 Å². The minimum atomic E-state index is -0.851. The number of rotatable bonds is 9. The van der Waals surface area contributed by atoms with Gasteiger partial charge in [-0.1, -0.05) is 49.4 Å². The summed E-state index contributed by atoms with van der Waals surface area (Å²) in [6, 6.07) is 6.18. The fourth-order valence-corrected chi connectivity index (χ4v) is 8.55. The number of hydrogen-bond acceptors (Lipinski definition) is 6. The Bertz CT molecular complexity index is 1020. The van der Waals surface area contributed by atoms with Crippen LogP contribution in [0.2, 0.25) is 5.02 Å². The van der Waals surface area contributed by atoms with E-state index in [1.165, 1.54) is 11.0 Å². The van der Waals surface area contributed by atoms with E-state index in [0.29, 0.717) is 17.1 Å². The highest BCUT2D eigenvalue weighted by Crippen LogP contribution is 2.68. The second kappa shape index (κ2) is 9.76. The van der Waals surface area contributed by atoms with Crippen LogP contribution in [0.1, 0.15) is 13.3 Å². The quantitative estimate of drug-likeness (QED) is 0.411. The molecule has 2 bridgehead atoms. The number of carbonyl (C=O) groups is 3. The number of amides is 2. The van der Waals surface area contributed by atoms with Crippen molar-refractivity contribution in [2.45, 2.75) is 29.4 Å². The Kier molecular flexibility index (Phi) is 7.12. The van der Waals surface area contributed by atoms with E-state index in [4.69, 9.17) is 16.3 Å². The van der Waals surface area contributed by atoms with Gasteiger partial charge >= 0.3 is 5.97 Å². The first-order valence-corrected chi connectivity index (χ1v) is 12.6. The molecule has 3 aliphatic heterocycles. The minimum Gasteiger partial charge on any atom is -0.461 e. The van der Waals surface area contributed by atoms with Gasteiger partial charge < -0.3 is 19.6 Å². The van der Waals surface area contributed by atoms with E-state index in [9.17, 15) is 19.5 Å². The molecule has 3 fully saturated rings. The summed E-state index contributed by atoms with van der Waals surface area (Å²) in [5.41, 5.74) is 0.525. The van der Waals surface area contributed by atoms with Crippen molar-refractivity contribution in [1.29, 1.82) is 0 Å². The standard InChI is InChI=1S/C25H29ClN2O5S/c1-4-10-27(17-9-7-6-8-16(17)26)23(31)21-25-15(3)14-18(34-25)19(24(32)33-13-5-2)20(25)22(30)28(21)11-12-29/h4-9,15,18-21,29H,1-2,10-14H2,3H3/t15?,18-,19+,20-,21?,25?/m0/s1. The van der Waals surface area contributed by atoms with Gasteiger partial charge in [0, 0.05) is 18.3 Å². The highest BCUT2D eigenvalue weighted by molar-refractivity contribution is 8.02. The monoisotopic (exact) mass is 504 g/mol. The average Bonchev–Trinajstić information content (AvgIpc) is 3.40. The lowest BCUT2D eigenvalue weighted by atomic mass is 9.66. The first kappa shape index (κ1) is 24.8. The molecule has 3 aliphatic rings. The molecule has 9 heteroatoms. The summed E-state index contributed by atoms with van der Waals surface area (Å²) in [5.74, 6) is -2.34. The molecule has 182 valence electrons. The van der Waals surface area contributed by atoms with E-state index in [-0.39, 0.29) is 49.3 Å². The Morgan fingerprint density at radius 3 is 2.74 bits per heavy atom. The summed E-state index contributed by atoms with van der Waals surface area (Å²) in [4.78, 5) is 44.0. The molecule has 0 radical (unpaired) electrons. The number of nitrogens with zero attached hydrogens (tertiary/aromatic N) is 2. The van der Waals surface area contributed by atoms with Crippen LogP contribution in [0.5, 0.6) is 0 Å². The van der Waals surface area contributed by atoms with Gasteiger partial charge in [0.2, 0.25) is 5.91 Å². The lowest BCUT2D eigenvalue weighted by Gasteiger charge is -2.40. The predicted molar refractivity (Wildman–Crippen MR) is 133 cm³/mol. The van der Waals surface area contributed by atoms with Gasteiger partial charge in [-0.2, -0.15) is 0 Å². The van der Waals surface area contributed by atoms with Crippen LogP contribution in [0.15, 0.2) is 49.6 Å². The second-order valence-electron chi connectivity index (χ2n) is 8.92. The van der Waals surface area contributed by atoms with E-state index < -0.39 is 28.6 Å². The van der Waals surface area contributed by atoms with E-state index in [0.717, 1.165) is 0 Å². The molecule has 0 aliphatic carbocycles. The topological polar surface area (TPSA) is 87.2 Å². The number of esters is 1. The number of anilines is 1. The van der Waals surface area contributed by atoms with Crippen LogP contribution in [0.25, 0.3) is 0 Å². The number of benzene rings is 1. The molecule has 0 saturated carbocycles. The van der Waals surface area contributed by atoms with Gasteiger partial charge in [0.15, 0.2) is 0 Å². The van der Waals surface area contributed by atoms with Crippen molar-refractivity contribution in [2.75, 3.05) is 31.2 Å². The number of carbonyl (C=O) groups excluding carboxylic acids is 3. The fourth-order valence-electron chi connectivity index (χ4n) is 5.91. The summed E-state index contributed by atoms with van der Waals surface area (Å²) < 4.78 is 4.56. The maximum atomic E-state index is 14.2.